The Labute approximate surface area is 82.6 Å². The first-order chi connectivity index (χ1) is 6.13. The molecule has 13 heavy (non-hydrogen) atoms. The van der Waals surface area contributed by atoms with Crippen LogP contribution >= 0.6 is 0 Å². The molecule has 2 heteroatoms. The second-order valence-corrected chi connectivity index (χ2v) is 4.45. The quantitative estimate of drug-likeness (QED) is 0.719. The van der Waals surface area contributed by atoms with Gasteiger partial charge in [-0.15, -0.1) is 0 Å². The molecular weight excluding hydrogens is 162 g/mol. The van der Waals surface area contributed by atoms with E-state index in [4.69, 9.17) is 0 Å². The molecule has 1 aliphatic carbocycles. The van der Waals surface area contributed by atoms with Crippen LogP contribution in [-0.2, 0) is 4.79 Å². The number of amides is 1. The van der Waals surface area contributed by atoms with E-state index in [-0.39, 0.29) is 13.4 Å². The molecule has 78 valence electrons. The van der Waals surface area contributed by atoms with Gasteiger partial charge in [-0.25, -0.2) is 0 Å². The highest BCUT2D eigenvalue weighted by Gasteiger charge is 2.28. The zero-order valence-electron chi connectivity index (χ0n) is 8.97. The molecule has 0 aromatic carbocycles. The first-order valence-electron chi connectivity index (χ1n) is 5.43. The van der Waals surface area contributed by atoms with Gasteiger partial charge in [0, 0.05) is 13.4 Å². The van der Waals surface area contributed by atoms with E-state index < -0.39 is 0 Å². The molecule has 0 aromatic rings. The van der Waals surface area contributed by atoms with E-state index >= 15 is 0 Å². The van der Waals surface area contributed by atoms with Crippen molar-refractivity contribution in [2.75, 3.05) is 0 Å². The lowest BCUT2D eigenvalue weighted by atomic mass is 10.0. The van der Waals surface area contributed by atoms with E-state index in [1.54, 1.807) is 0 Å². The summed E-state index contributed by atoms with van der Waals surface area (Å²) in [6.45, 7) is 6.25. The predicted octanol–water partition coefficient (Wildman–Crippen LogP) is 2.58. The van der Waals surface area contributed by atoms with Crippen molar-refractivity contribution in [1.29, 1.82) is 0 Å². The van der Waals surface area contributed by atoms with E-state index in [9.17, 15) is 4.79 Å². The summed E-state index contributed by atoms with van der Waals surface area (Å²) in [4.78, 5) is 11.6. The summed E-state index contributed by atoms with van der Waals surface area (Å²) >= 11 is 0. The second kappa shape index (κ2) is 4.64. The Morgan fingerprint density at radius 1 is 1.54 bits per heavy atom. The van der Waals surface area contributed by atoms with Crippen molar-refractivity contribution < 1.29 is 6.22 Å². The van der Waals surface area contributed by atoms with Gasteiger partial charge in [0.1, 0.15) is 0 Å². The first-order valence-corrected chi connectivity index (χ1v) is 5.43. The topological polar surface area (TPSA) is 29.1 Å². The molecule has 0 spiro atoms. The molecule has 1 aliphatic rings. The number of hydrogen-bond acceptors (Lipinski definition) is 1. The maximum Gasteiger partial charge on any atom is 0.223 e. The third kappa shape index (κ3) is 3.02. The Morgan fingerprint density at radius 3 is 2.69 bits per heavy atom. The summed E-state index contributed by atoms with van der Waals surface area (Å²) in [5.41, 5.74) is 0. The predicted molar refractivity (Wildman–Crippen MR) is 56.5 cm³/mol. The largest absolute Gasteiger partial charge is 0.354 e. The molecule has 1 saturated carbocycles. The fourth-order valence-corrected chi connectivity index (χ4v) is 2.09. The first kappa shape index (κ1) is 10.6. The van der Waals surface area contributed by atoms with E-state index in [1.165, 1.54) is 12.8 Å². The van der Waals surface area contributed by atoms with Gasteiger partial charge in [-0.2, -0.15) is 0 Å². The van der Waals surface area contributed by atoms with Crippen molar-refractivity contribution in [2.45, 2.75) is 52.5 Å². The van der Waals surface area contributed by atoms with Gasteiger partial charge in [0.15, 0.2) is 0 Å². The second-order valence-electron chi connectivity index (χ2n) is 4.45. The van der Waals surface area contributed by atoms with Crippen molar-refractivity contribution in [1.82, 2.24) is 5.32 Å². The van der Waals surface area contributed by atoms with Crippen LogP contribution < -0.4 is 5.32 Å². The molecule has 2 nitrogen and oxygen atoms in total. The highest BCUT2D eigenvalue weighted by atomic mass is 16.1. The van der Waals surface area contributed by atoms with Crippen molar-refractivity contribution in [3.8, 4) is 0 Å². The number of hydrogen-bond donors (Lipinski definition) is 1. The van der Waals surface area contributed by atoms with Crippen LogP contribution in [0.1, 0.15) is 47.9 Å². The smallest absolute Gasteiger partial charge is 0.223 e. The van der Waals surface area contributed by atoms with Crippen LogP contribution in [0.15, 0.2) is 0 Å². The molecule has 1 rings (SSSR count). The van der Waals surface area contributed by atoms with Gasteiger partial charge < -0.3 is 5.32 Å². The van der Waals surface area contributed by atoms with Crippen molar-refractivity contribution in [3.63, 3.8) is 0 Å². The van der Waals surface area contributed by atoms with Crippen molar-refractivity contribution in [2.24, 2.45) is 11.8 Å². The Hall–Kier alpha value is -0.530. The standard InChI is InChI=1S/C11H21NO.H2/c1-4-9-5-6-10(7-9)11(13)12-8(2)3;/h8-10H,4-7H2,1-3H3,(H,12,13);1H/t9-,10-;/m1./s1. The van der Waals surface area contributed by atoms with Crippen LogP contribution in [0.4, 0.5) is 0 Å². The summed E-state index contributed by atoms with van der Waals surface area (Å²) in [5.74, 6) is 1.36. The number of rotatable bonds is 3. The van der Waals surface area contributed by atoms with Gasteiger partial charge in [0.25, 0.3) is 0 Å². The van der Waals surface area contributed by atoms with Crippen molar-refractivity contribution >= 4 is 5.91 Å². The molecule has 0 radical (unpaired) electrons. The monoisotopic (exact) mass is 185 g/mol. The SMILES string of the molecule is CC[C@@H]1CC[C@@H](C(=O)NC(C)C)C1.[HH]. The molecular formula is C11H23NO. The minimum absolute atomic E-state index is 0. The summed E-state index contributed by atoms with van der Waals surface area (Å²) in [6, 6.07) is 0.285. The zero-order valence-corrected chi connectivity index (χ0v) is 8.97. The molecule has 0 bridgehead atoms. The molecule has 1 amide bonds. The molecule has 1 fully saturated rings. The van der Waals surface area contributed by atoms with Crippen LogP contribution in [0.25, 0.3) is 0 Å². The average Bonchev–Trinajstić information content (AvgIpc) is 2.50. The number of carbonyl (C=O) groups is 1. The van der Waals surface area contributed by atoms with Crippen LogP contribution in [0, 0.1) is 11.8 Å². The van der Waals surface area contributed by atoms with Gasteiger partial charge in [-0.3, -0.25) is 4.79 Å². The number of nitrogens with one attached hydrogen (secondary N) is 1. The Balaban J connectivity index is 0.00000169. The maximum atomic E-state index is 11.6. The minimum Gasteiger partial charge on any atom is -0.354 e. The van der Waals surface area contributed by atoms with Gasteiger partial charge in [-0.05, 0) is 39.0 Å². The fraction of sp³-hybridized carbons (Fsp3) is 0.909. The molecule has 0 aliphatic heterocycles. The van der Waals surface area contributed by atoms with E-state index in [2.05, 4.69) is 12.2 Å². The lowest BCUT2D eigenvalue weighted by molar-refractivity contribution is -0.125. The van der Waals surface area contributed by atoms with Gasteiger partial charge in [0.05, 0.1) is 0 Å². The molecule has 0 saturated heterocycles. The highest BCUT2D eigenvalue weighted by Crippen LogP contribution is 2.32. The minimum atomic E-state index is 0. The third-order valence-corrected chi connectivity index (χ3v) is 2.92. The van der Waals surface area contributed by atoms with E-state index in [0.717, 1.165) is 18.8 Å². The molecule has 0 aromatic heterocycles. The van der Waals surface area contributed by atoms with E-state index in [0.29, 0.717) is 5.92 Å². The number of carbonyl (C=O) groups excluding carboxylic acids is 1. The van der Waals surface area contributed by atoms with E-state index in [1.807, 2.05) is 13.8 Å². The lowest BCUT2D eigenvalue weighted by Crippen LogP contribution is -2.34. The summed E-state index contributed by atoms with van der Waals surface area (Å²) < 4.78 is 0. The van der Waals surface area contributed by atoms with Crippen LogP contribution in [0.3, 0.4) is 0 Å². The highest BCUT2D eigenvalue weighted by molar-refractivity contribution is 5.79. The van der Waals surface area contributed by atoms with Crippen LogP contribution in [-0.4, -0.2) is 11.9 Å². The average molecular weight is 185 g/mol. The Kier molecular flexibility index (Phi) is 3.76. The van der Waals surface area contributed by atoms with Gasteiger partial charge >= 0.3 is 0 Å². The molecule has 2 atom stereocenters. The summed E-state index contributed by atoms with van der Waals surface area (Å²) in [6.07, 6.45) is 4.67. The molecule has 0 unspecified atom stereocenters. The third-order valence-electron chi connectivity index (χ3n) is 2.92. The van der Waals surface area contributed by atoms with Crippen LogP contribution in [0.5, 0.6) is 0 Å². The summed E-state index contributed by atoms with van der Waals surface area (Å²) in [5, 5.41) is 2.99. The van der Waals surface area contributed by atoms with Crippen molar-refractivity contribution in [3.05, 3.63) is 0 Å². The summed E-state index contributed by atoms with van der Waals surface area (Å²) in [7, 11) is 0. The Bertz CT molecular complexity index is 182. The zero-order chi connectivity index (χ0) is 9.84. The normalized spacial score (nSPS) is 28.0. The maximum absolute atomic E-state index is 11.6. The molecule has 0 heterocycles. The molecule has 1 N–H and O–H groups in total. The van der Waals surface area contributed by atoms with Crippen LogP contribution in [0.2, 0.25) is 0 Å². The fourth-order valence-electron chi connectivity index (χ4n) is 2.09. The van der Waals surface area contributed by atoms with Gasteiger partial charge in [0.2, 0.25) is 5.91 Å². The van der Waals surface area contributed by atoms with Gasteiger partial charge in [-0.1, -0.05) is 13.3 Å². The lowest BCUT2D eigenvalue weighted by Gasteiger charge is -2.13. The Morgan fingerprint density at radius 2 is 2.23 bits per heavy atom.